The number of phenolic OH excluding ortho intramolecular Hbond substituents is 1. The summed E-state index contributed by atoms with van der Waals surface area (Å²) in [5.74, 6) is -1.76. The van der Waals surface area contributed by atoms with Gasteiger partial charge in [0.15, 0.2) is 6.61 Å². The van der Waals surface area contributed by atoms with Crippen LogP contribution >= 0.6 is 0 Å². The van der Waals surface area contributed by atoms with Crippen LogP contribution in [0.2, 0.25) is 0 Å². The van der Waals surface area contributed by atoms with Crippen molar-refractivity contribution in [3.8, 4) is 5.75 Å². The van der Waals surface area contributed by atoms with Crippen molar-refractivity contribution in [3.63, 3.8) is 0 Å². The van der Waals surface area contributed by atoms with E-state index in [1.807, 2.05) is 0 Å². The Morgan fingerprint density at radius 3 is 2.40 bits per heavy atom. The number of carbonyl (C=O) groups excluding carboxylic acids is 3. The Morgan fingerprint density at radius 2 is 1.76 bits per heavy atom. The molecule has 0 saturated heterocycles. The number of rotatable bonds is 5. The largest absolute Gasteiger partial charge is 0.507 e. The second kappa shape index (κ2) is 7.96. The van der Waals surface area contributed by atoms with E-state index in [1.54, 1.807) is 37.3 Å². The van der Waals surface area contributed by atoms with Crippen LogP contribution in [0.1, 0.15) is 26.3 Å². The second-order valence-corrected chi connectivity index (χ2v) is 5.30. The van der Waals surface area contributed by atoms with Gasteiger partial charge in [0.2, 0.25) is 0 Å². The molecule has 0 aliphatic rings. The maximum atomic E-state index is 11.9. The predicted molar refractivity (Wildman–Crippen MR) is 91.6 cm³/mol. The van der Waals surface area contributed by atoms with Crippen molar-refractivity contribution >= 4 is 23.5 Å². The highest BCUT2D eigenvalue weighted by Crippen LogP contribution is 2.19. The Balaban J connectivity index is 1.91. The Kier molecular flexibility index (Phi) is 5.73. The number of esters is 1. The Labute approximate surface area is 144 Å². The number of carbonyl (C=O) groups is 3. The zero-order valence-electron chi connectivity index (χ0n) is 13.8. The second-order valence-electron chi connectivity index (χ2n) is 5.30. The van der Waals surface area contributed by atoms with Crippen LogP contribution in [0.25, 0.3) is 0 Å². The van der Waals surface area contributed by atoms with Crippen LogP contribution in [0.5, 0.6) is 5.75 Å². The number of aromatic hydroxyl groups is 1. The lowest BCUT2D eigenvalue weighted by Gasteiger charge is -2.08. The molecular weight excluding hydrogens is 324 g/mol. The molecule has 0 saturated carbocycles. The molecular formula is C18H18N2O5. The molecule has 0 spiro atoms. The van der Waals surface area contributed by atoms with E-state index >= 15 is 0 Å². The molecule has 7 heteroatoms. The highest BCUT2D eigenvalue weighted by molar-refractivity contribution is 5.97. The van der Waals surface area contributed by atoms with Gasteiger partial charge in [-0.05, 0) is 43.3 Å². The van der Waals surface area contributed by atoms with Crippen LogP contribution in [-0.2, 0) is 9.53 Å². The summed E-state index contributed by atoms with van der Waals surface area (Å²) < 4.78 is 4.90. The molecule has 0 radical (unpaired) electrons. The maximum absolute atomic E-state index is 11.9. The first-order valence-electron chi connectivity index (χ1n) is 7.49. The fraction of sp³-hybridized carbons (Fsp3) is 0.167. The normalized spacial score (nSPS) is 10.0. The molecule has 2 aromatic rings. The van der Waals surface area contributed by atoms with Crippen LogP contribution in [0, 0.1) is 6.92 Å². The van der Waals surface area contributed by atoms with Crippen molar-refractivity contribution in [2.24, 2.45) is 0 Å². The molecule has 0 atom stereocenters. The molecule has 25 heavy (non-hydrogen) atoms. The minimum absolute atomic E-state index is 0.00253. The van der Waals surface area contributed by atoms with Crippen LogP contribution in [-0.4, -0.2) is 36.5 Å². The van der Waals surface area contributed by atoms with Gasteiger partial charge in [-0.3, -0.25) is 9.59 Å². The minimum atomic E-state index is -0.786. The van der Waals surface area contributed by atoms with Gasteiger partial charge in [0.25, 0.3) is 11.8 Å². The number of amides is 2. The highest BCUT2D eigenvalue weighted by atomic mass is 16.5. The third-order valence-corrected chi connectivity index (χ3v) is 3.36. The molecule has 0 fully saturated rings. The number of ether oxygens (including phenoxy) is 1. The molecule has 2 aromatic carbocycles. The topological polar surface area (TPSA) is 105 Å². The van der Waals surface area contributed by atoms with E-state index in [0.29, 0.717) is 11.3 Å². The summed E-state index contributed by atoms with van der Waals surface area (Å²) in [4.78, 5) is 35.2. The van der Waals surface area contributed by atoms with E-state index < -0.39 is 18.5 Å². The van der Waals surface area contributed by atoms with Crippen LogP contribution in [0.15, 0.2) is 42.5 Å². The molecule has 0 bridgehead atoms. The van der Waals surface area contributed by atoms with Gasteiger partial charge in [0.1, 0.15) is 11.3 Å². The van der Waals surface area contributed by atoms with Crippen LogP contribution in [0.3, 0.4) is 0 Å². The fourth-order valence-electron chi connectivity index (χ4n) is 2.07. The van der Waals surface area contributed by atoms with E-state index in [9.17, 15) is 19.5 Å². The van der Waals surface area contributed by atoms with E-state index in [0.717, 1.165) is 5.56 Å². The van der Waals surface area contributed by atoms with E-state index in [4.69, 9.17) is 4.74 Å². The quantitative estimate of drug-likeness (QED) is 0.719. The lowest BCUT2D eigenvalue weighted by molar-refractivity contribution is -0.119. The molecule has 0 unspecified atom stereocenters. The fourth-order valence-corrected chi connectivity index (χ4v) is 2.07. The first-order valence-corrected chi connectivity index (χ1v) is 7.49. The number of nitrogens with one attached hydrogen (secondary N) is 2. The lowest BCUT2D eigenvalue weighted by atomic mass is 10.1. The summed E-state index contributed by atoms with van der Waals surface area (Å²) in [5, 5.41) is 14.7. The van der Waals surface area contributed by atoms with Crippen LogP contribution < -0.4 is 10.6 Å². The van der Waals surface area contributed by atoms with Crippen molar-refractivity contribution in [2.75, 3.05) is 19.0 Å². The predicted octanol–water partition coefficient (Wildman–Crippen LogP) is 1.86. The first-order chi connectivity index (χ1) is 11.9. The molecule has 130 valence electrons. The SMILES string of the molecule is CNC(=O)c1ccc(NC(=O)COC(=O)c2cc(C)ccc2O)cc1. The summed E-state index contributed by atoms with van der Waals surface area (Å²) in [6.45, 7) is 1.27. The number of phenols is 1. The van der Waals surface area contributed by atoms with Gasteiger partial charge in [0, 0.05) is 18.3 Å². The number of aryl methyl sites for hydroxylation is 1. The average molecular weight is 342 g/mol. The van der Waals surface area contributed by atoms with Crippen molar-refractivity contribution in [1.82, 2.24) is 5.32 Å². The molecule has 2 amide bonds. The highest BCUT2D eigenvalue weighted by Gasteiger charge is 2.14. The third kappa shape index (κ3) is 4.81. The first kappa shape index (κ1) is 18.0. The molecule has 2 rings (SSSR count). The average Bonchev–Trinajstić information content (AvgIpc) is 2.61. The number of hydrogen-bond acceptors (Lipinski definition) is 5. The standard InChI is InChI=1S/C18H18N2O5/c1-11-3-8-15(21)14(9-11)18(24)25-10-16(22)20-13-6-4-12(5-7-13)17(23)19-2/h3-9,21H,10H2,1-2H3,(H,19,23)(H,20,22). The van der Waals surface area contributed by atoms with Crippen molar-refractivity contribution in [1.29, 1.82) is 0 Å². The maximum Gasteiger partial charge on any atom is 0.342 e. The van der Waals surface area contributed by atoms with Gasteiger partial charge in [-0.1, -0.05) is 11.6 Å². The van der Waals surface area contributed by atoms with Gasteiger partial charge in [-0.25, -0.2) is 4.79 Å². The third-order valence-electron chi connectivity index (χ3n) is 3.36. The van der Waals surface area contributed by atoms with Gasteiger partial charge in [-0.15, -0.1) is 0 Å². The van der Waals surface area contributed by atoms with Gasteiger partial charge >= 0.3 is 5.97 Å². The van der Waals surface area contributed by atoms with Crippen molar-refractivity contribution < 1.29 is 24.2 Å². The van der Waals surface area contributed by atoms with E-state index in [-0.39, 0.29) is 17.2 Å². The Morgan fingerprint density at radius 1 is 1.08 bits per heavy atom. The smallest absolute Gasteiger partial charge is 0.342 e. The molecule has 0 aliphatic heterocycles. The molecule has 0 aliphatic carbocycles. The van der Waals surface area contributed by atoms with Gasteiger partial charge in [0.05, 0.1) is 0 Å². The monoisotopic (exact) mass is 342 g/mol. The Hall–Kier alpha value is -3.35. The van der Waals surface area contributed by atoms with Crippen molar-refractivity contribution in [2.45, 2.75) is 6.92 Å². The van der Waals surface area contributed by atoms with Gasteiger partial charge < -0.3 is 20.5 Å². The summed E-state index contributed by atoms with van der Waals surface area (Å²) in [5.41, 5.74) is 1.71. The molecule has 0 heterocycles. The summed E-state index contributed by atoms with van der Waals surface area (Å²) in [6, 6.07) is 10.8. The summed E-state index contributed by atoms with van der Waals surface area (Å²) in [7, 11) is 1.53. The van der Waals surface area contributed by atoms with Crippen molar-refractivity contribution in [3.05, 3.63) is 59.2 Å². The van der Waals surface area contributed by atoms with E-state index in [1.165, 1.54) is 19.2 Å². The number of benzene rings is 2. The molecule has 7 nitrogen and oxygen atoms in total. The lowest BCUT2D eigenvalue weighted by Crippen LogP contribution is -2.21. The number of hydrogen-bond donors (Lipinski definition) is 3. The summed E-state index contributed by atoms with van der Waals surface area (Å²) >= 11 is 0. The summed E-state index contributed by atoms with van der Waals surface area (Å²) in [6.07, 6.45) is 0. The Bertz CT molecular complexity index is 800. The molecule has 0 aromatic heterocycles. The van der Waals surface area contributed by atoms with Crippen LogP contribution in [0.4, 0.5) is 5.69 Å². The number of anilines is 1. The van der Waals surface area contributed by atoms with E-state index in [2.05, 4.69) is 10.6 Å². The molecule has 3 N–H and O–H groups in total. The minimum Gasteiger partial charge on any atom is -0.507 e. The van der Waals surface area contributed by atoms with Gasteiger partial charge in [-0.2, -0.15) is 0 Å². The zero-order valence-corrected chi connectivity index (χ0v) is 13.8. The zero-order chi connectivity index (χ0) is 18.4.